The molecular formula is C11H10O5. The quantitative estimate of drug-likeness (QED) is 0.774. The fourth-order valence-electron chi connectivity index (χ4n) is 1.45. The molecule has 0 amide bonds. The van der Waals surface area contributed by atoms with Crippen molar-refractivity contribution in [2.24, 2.45) is 0 Å². The Morgan fingerprint density at radius 1 is 1.50 bits per heavy atom. The number of aromatic carboxylic acids is 1. The van der Waals surface area contributed by atoms with E-state index in [-0.39, 0.29) is 5.56 Å². The first-order valence-electron chi connectivity index (χ1n) is 4.83. The van der Waals surface area contributed by atoms with Crippen molar-refractivity contribution in [1.82, 2.24) is 0 Å². The molecular weight excluding hydrogens is 212 g/mol. The number of benzene rings is 1. The van der Waals surface area contributed by atoms with Crippen LogP contribution < -0.4 is 4.74 Å². The second-order valence-corrected chi connectivity index (χ2v) is 3.40. The normalized spacial score (nSPS) is 19.2. The molecule has 0 aliphatic carbocycles. The highest BCUT2D eigenvalue weighted by Gasteiger charge is 2.28. The Morgan fingerprint density at radius 3 is 2.94 bits per heavy atom. The van der Waals surface area contributed by atoms with Gasteiger partial charge in [-0.25, -0.2) is 9.59 Å². The lowest BCUT2D eigenvalue weighted by molar-refractivity contribution is -0.143. The van der Waals surface area contributed by atoms with E-state index < -0.39 is 18.0 Å². The van der Waals surface area contributed by atoms with E-state index in [1.807, 2.05) is 0 Å². The van der Waals surface area contributed by atoms with Crippen molar-refractivity contribution in [2.75, 3.05) is 6.61 Å². The van der Waals surface area contributed by atoms with Crippen LogP contribution in [-0.2, 0) is 9.53 Å². The Morgan fingerprint density at radius 2 is 2.31 bits per heavy atom. The van der Waals surface area contributed by atoms with E-state index in [1.165, 1.54) is 12.1 Å². The van der Waals surface area contributed by atoms with Gasteiger partial charge in [0.05, 0.1) is 12.2 Å². The SMILES string of the molecule is O=C(O)c1cccc(OC2CCOC2=O)c1. The summed E-state index contributed by atoms with van der Waals surface area (Å²) < 4.78 is 10.1. The summed E-state index contributed by atoms with van der Waals surface area (Å²) in [6.45, 7) is 0.349. The first-order chi connectivity index (χ1) is 7.66. The standard InChI is InChI=1S/C11H10O5/c12-10(13)7-2-1-3-8(6-7)16-9-4-5-15-11(9)14/h1-3,6,9H,4-5H2,(H,12,13). The molecule has 5 nitrogen and oxygen atoms in total. The number of carboxylic acids is 1. The molecule has 16 heavy (non-hydrogen) atoms. The van der Waals surface area contributed by atoms with Crippen molar-refractivity contribution in [1.29, 1.82) is 0 Å². The summed E-state index contributed by atoms with van der Waals surface area (Å²) in [5, 5.41) is 8.77. The van der Waals surface area contributed by atoms with E-state index in [0.717, 1.165) is 0 Å². The van der Waals surface area contributed by atoms with Crippen LogP contribution in [0.15, 0.2) is 24.3 Å². The van der Waals surface area contributed by atoms with Gasteiger partial charge in [0, 0.05) is 6.42 Å². The second-order valence-electron chi connectivity index (χ2n) is 3.40. The van der Waals surface area contributed by atoms with Crippen molar-refractivity contribution in [3.05, 3.63) is 29.8 Å². The third-order valence-corrected chi connectivity index (χ3v) is 2.25. The lowest BCUT2D eigenvalue weighted by Gasteiger charge is -2.09. The Balaban J connectivity index is 2.12. The molecule has 1 unspecified atom stereocenters. The number of cyclic esters (lactones) is 1. The van der Waals surface area contributed by atoms with Crippen LogP contribution in [-0.4, -0.2) is 29.8 Å². The molecule has 0 aromatic heterocycles. The van der Waals surface area contributed by atoms with Gasteiger partial charge in [-0.1, -0.05) is 6.07 Å². The molecule has 1 aromatic carbocycles. The molecule has 0 bridgehead atoms. The highest BCUT2D eigenvalue weighted by atomic mass is 16.6. The highest BCUT2D eigenvalue weighted by molar-refractivity contribution is 5.88. The molecule has 1 fully saturated rings. The maximum Gasteiger partial charge on any atom is 0.347 e. The van der Waals surface area contributed by atoms with Crippen LogP contribution >= 0.6 is 0 Å². The average molecular weight is 222 g/mol. The first kappa shape index (κ1) is 10.5. The summed E-state index contributed by atoms with van der Waals surface area (Å²) in [5.41, 5.74) is 0.129. The number of carboxylic acid groups (broad SMARTS) is 1. The summed E-state index contributed by atoms with van der Waals surface area (Å²) in [7, 11) is 0. The van der Waals surface area contributed by atoms with E-state index in [1.54, 1.807) is 12.1 Å². The van der Waals surface area contributed by atoms with E-state index in [9.17, 15) is 9.59 Å². The van der Waals surface area contributed by atoms with Crippen molar-refractivity contribution < 1.29 is 24.2 Å². The minimum absolute atomic E-state index is 0.129. The number of hydrogen-bond acceptors (Lipinski definition) is 4. The van der Waals surface area contributed by atoms with Gasteiger partial charge in [-0.05, 0) is 18.2 Å². The number of carbonyl (C=O) groups is 2. The Labute approximate surface area is 91.6 Å². The van der Waals surface area contributed by atoms with Crippen LogP contribution in [0, 0.1) is 0 Å². The van der Waals surface area contributed by atoms with Gasteiger partial charge >= 0.3 is 11.9 Å². The summed E-state index contributed by atoms with van der Waals surface area (Å²) >= 11 is 0. The lowest BCUT2D eigenvalue weighted by atomic mass is 10.2. The molecule has 1 aliphatic rings. The molecule has 1 N–H and O–H groups in total. The molecule has 0 saturated carbocycles. The van der Waals surface area contributed by atoms with Crippen LogP contribution in [0.4, 0.5) is 0 Å². The smallest absolute Gasteiger partial charge is 0.347 e. The minimum atomic E-state index is -1.03. The summed E-state index contributed by atoms with van der Waals surface area (Å²) in [6, 6.07) is 6.02. The predicted octanol–water partition coefficient (Wildman–Crippen LogP) is 1.08. The Hall–Kier alpha value is -2.04. The zero-order valence-corrected chi connectivity index (χ0v) is 8.38. The molecule has 1 aliphatic heterocycles. The van der Waals surface area contributed by atoms with E-state index >= 15 is 0 Å². The molecule has 5 heteroatoms. The average Bonchev–Trinajstić information content (AvgIpc) is 2.65. The number of hydrogen-bond donors (Lipinski definition) is 1. The zero-order valence-electron chi connectivity index (χ0n) is 8.38. The first-order valence-corrected chi connectivity index (χ1v) is 4.83. The molecule has 84 valence electrons. The number of carbonyl (C=O) groups excluding carboxylic acids is 1. The van der Waals surface area contributed by atoms with Gasteiger partial charge in [0.25, 0.3) is 0 Å². The van der Waals surface area contributed by atoms with Gasteiger partial charge in [0.1, 0.15) is 5.75 Å². The van der Waals surface area contributed by atoms with Gasteiger partial charge in [-0.2, -0.15) is 0 Å². The van der Waals surface area contributed by atoms with E-state index in [0.29, 0.717) is 18.8 Å². The van der Waals surface area contributed by atoms with Crippen LogP contribution in [0.2, 0.25) is 0 Å². The summed E-state index contributed by atoms with van der Waals surface area (Å²) in [5.74, 6) is -1.07. The fourth-order valence-corrected chi connectivity index (χ4v) is 1.45. The number of rotatable bonds is 3. The van der Waals surface area contributed by atoms with Crippen LogP contribution in [0.25, 0.3) is 0 Å². The maximum absolute atomic E-state index is 11.1. The van der Waals surface area contributed by atoms with Crippen LogP contribution in [0.5, 0.6) is 5.75 Å². The van der Waals surface area contributed by atoms with Crippen molar-refractivity contribution >= 4 is 11.9 Å². The van der Waals surface area contributed by atoms with Crippen molar-refractivity contribution in [2.45, 2.75) is 12.5 Å². The van der Waals surface area contributed by atoms with Gasteiger partial charge in [-0.3, -0.25) is 0 Å². The monoisotopic (exact) mass is 222 g/mol. The van der Waals surface area contributed by atoms with Crippen molar-refractivity contribution in [3.8, 4) is 5.75 Å². The largest absolute Gasteiger partial charge is 0.479 e. The van der Waals surface area contributed by atoms with E-state index in [4.69, 9.17) is 14.6 Å². The molecule has 2 rings (SSSR count). The Bertz CT molecular complexity index is 426. The van der Waals surface area contributed by atoms with E-state index in [2.05, 4.69) is 0 Å². The lowest BCUT2D eigenvalue weighted by Crippen LogP contribution is -2.21. The third kappa shape index (κ3) is 2.13. The zero-order chi connectivity index (χ0) is 11.5. The second kappa shape index (κ2) is 4.22. The van der Waals surface area contributed by atoms with Gasteiger partial charge < -0.3 is 14.6 Å². The third-order valence-electron chi connectivity index (χ3n) is 2.25. The summed E-state index contributed by atoms with van der Waals surface area (Å²) in [6.07, 6.45) is -0.125. The molecule has 0 radical (unpaired) electrons. The topological polar surface area (TPSA) is 72.8 Å². The predicted molar refractivity (Wildman–Crippen MR) is 53.4 cm³/mol. The maximum atomic E-state index is 11.1. The molecule has 0 spiro atoms. The van der Waals surface area contributed by atoms with Gasteiger partial charge in [0.2, 0.25) is 0 Å². The van der Waals surface area contributed by atoms with Crippen LogP contribution in [0.1, 0.15) is 16.8 Å². The number of ether oxygens (including phenoxy) is 2. The highest BCUT2D eigenvalue weighted by Crippen LogP contribution is 2.19. The van der Waals surface area contributed by atoms with Gasteiger partial charge in [0.15, 0.2) is 6.10 Å². The molecule has 1 saturated heterocycles. The minimum Gasteiger partial charge on any atom is -0.479 e. The van der Waals surface area contributed by atoms with Crippen LogP contribution in [0.3, 0.4) is 0 Å². The fraction of sp³-hybridized carbons (Fsp3) is 0.273. The summed E-state index contributed by atoms with van der Waals surface area (Å²) in [4.78, 5) is 21.8. The number of esters is 1. The van der Waals surface area contributed by atoms with Crippen molar-refractivity contribution in [3.63, 3.8) is 0 Å². The molecule has 1 aromatic rings. The Kier molecular flexibility index (Phi) is 2.76. The molecule has 1 atom stereocenters. The molecule has 1 heterocycles. The van der Waals surface area contributed by atoms with Gasteiger partial charge in [-0.15, -0.1) is 0 Å².